The molecule has 0 aromatic heterocycles. The van der Waals surface area contributed by atoms with Crippen LogP contribution < -0.4 is 14.2 Å². The molecule has 0 atom stereocenters. The van der Waals surface area contributed by atoms with Gasteiger partial charge in [0, 0.05) is 5.39 Å². The first-order valence-electron chi connectivity index (χ1n) is 11.1. The van der Waals surface area contributed by atoms with Crippen molar-refractivity contribution in [3.8, 4) is 17.2 Å². The molecule has 38 heavy (non-hydrogen) atoms. The molecule has 9 nitrogen and oxygen atoms in total. The van der Waals surface area contributed by atoms with Crippen molar-refractivity contribution in [1.82, 2.24) is 0 Å². The molecule has 0 saturated carbocycles. The predicted molar refractivity (Wildman–Crippen MR) is 140 cm³/mol. The third-order valence-corrected chi connectivity index (χ3v) is 4.82. The highest BCUT2D eigenvalue weighted by Gasteiger charge is 2.04. The molecule has 0 bridgehead atoms. The number of fused-ring (bicyclic) bond motifs is 2. The Morgan fingerprint density at radius 2 is 0.974 bits per heavy atom. The Kier molecular flexibility index (Phi) is 9.60. The van der Waals surface area contributed by atoms with E-state index in [0.717, 1.165) is 21.5 Å². The number of benzene rings is 5. The van der Waals surface area contributed by atoms with Gasteiger partial charge in [-0.25, -0.2) is 14.4 Å². The fourth-order valence-electron chi connectivity index (χ4n) is 3.30. The highest BCUT2D eigenvalue weighted by Crippen LogP contribution is 2.25. The molecule has 5 aromatic carbocycles. The zero-order chi connectivity index (χ0) is 27.3. The largest absolute Gasteiger partial charge is 0.511 e. The number of carbonyl (C=O) groups is 3. The molecule has 9 heteroatoms. The van der Waals surface area contributed by atoms with E-state index in [9.17, 15) is 14.4 Å². The molecule has 192 valence electrons. The smallest absolute Gasteiger partial charge is 0.449 e. The van der Waals surface area contributed by atoms with E-state index in [4.69, 9.17) is 15.3 Å². The number of rotatable bonds is 3. The Labute approximate surface area is 216 Å². The fourth-order valence-corrected chi connectivity index (χ4v) is 3.30. The Morgan fingerprint density at radius 3 is 1.63 bits per heavy atom. The Bertz CT molecular complexity index is 1520. The highest BCUT2D eigenvalue weighted by molar-refractivity contribution is 5.89. The van der Waals surface area contributed by atoms with Crippen molar-refractivity contribution in [2.45, 2.75) is 0 Å². The highest BCUT2D eigenvalue weighted by atomic mass is 16.7. The van der Waals surface area contributed by atoms with Gasteiger partial charge in [-0.05, 0) is 46.5 Å². The van der Waals surface area contributed by atoms with Crippen LogP contribution in [0.5, 0.6) is 17.2 Å². The lowest BCUT2D eigenvalue weighted by molar-refractivity contribution is 0.143. The first-order chi connectivity index (χ1) is 18.3. The van der Waals surface area contributed by atoms with Crippen molar-refractivity contribution >= 4 is 40.0 Å². The second-order valence-corrected chi connectivity index (χ2v) is 7.40. The molecule has 0 aliphatic carbocycles. The zero-order valence-corrected chi connectivity index (χ0v) is 19.8. The molecule has 0 saturated heterocycles. The lowest BCUT2D eigenvalue weighted by Gasteiger charge is -2.03. The molecule has 0 aliphatic heterocycles. The van der Waals surface area contributed by atoms with Crippen LogP contribution in [0.3, 0.4) is 0 Å². The van der Waals surface area contributed by atoms with Crippen molar-refractivity contribution in [1.29, 1.82) is 0 Å². The van der Waals surface area contributed by atoms with Gasteiger partial charge in [0.05, 0.1) is 0 Å². The molecule has 3 N–H and O–H groups in total. The van der Waals surface area contributed by atoms with Crippen LogP contribution in [0.4, 0.5) is 14.4 Å². The van der Waals surface area contributed by atoms with Crippen molar-refractivity contribution in [2.75, 3.05) is 0 Å². The molecule has 0 aliphatic rings. The number of hydrogen-bond acceptors (Lipinski definition) is 6. The van der Waals surface area contributed by atoms with E-state index in [-0.39, 0.29) is 0 Å². The van der Waals surface area contributed by atoms with E-state index >= 15 is 0 Å². The summed E-state index contributed by atoms with van der Waals surface area (Å²) in [5.74, 6) is 1.06. The Morgan fingerprint density at radius 1 is 0.447 bits per heavy atom. The summed E-state index contributed by atoms with van der Waals surface area (Å²) in [6.07, 6.45) is -3.87. The third kappa shape index (κ3) is 8.58. The van der Waals surface area contributed by atoms with Crippen LogP contribution in [-0.4, -0.2) is 33.8 Å². The summed E-state index contributed by atoms with van der Waals surface area (Å²) in [5.41, 5.74) is 0. The summed E-state index contributed by atoms with van der Waals surface area (Å²) >= 11 is 0. The standard InChI is InChI=1S/2C11H8O3.C7H6O3/c12-11(13)14-10-7-3-5-8-4-1-2-6-9(8)10;12-11(13)14-10-6-5-8-3-1-2-4-9(8)7-10;8-7(9)10-6-4-2-1-3-5-6/h2*1-7H,(H,12,13);1-5H,(H,8,9). The predicted octanol–water partition coefficient (Wildman–Crippen LogP) is 7.54. The maximum Gasteiger partial charge on any atom is 0.511 e. The summed E-state index contributed by atoms with van der Waals surface area (Å²) in [4.78, 5) is 30.6. The average molecular weight is 514 g/mol. The van der Waals surface area contributed by atoms with Crippen molar-refractivity contribution < 1.29 is 43.9 Å². The number of ether oxygens (including phenoxy) is 3. The van der Waals surface area contributed by atoms with Gasteiger partial charge in [0.25, 0.3) is 0 Å². The van der Waals surface area contributed by atoms with Gasteiger partial charge in [-0.1, -0.05) is 84.9 Å². The second-order valence-electron chi connectivity index (χ2n) is 7.40. The molecular weight excluding hydrogens is 492 g/mol. The van der Waals surface area contributed by atoms with E-state index in [1.54, 1.807) is 54.6 Å². The van der Waals surface area contributed by atoms with Gasteiger partial charge >= 0.3 is 18.5 Å². The Balaban J connectivity index is 0.000000161. The number of para-hydroxylation sites is 1. The summed E-state index contributed by atoms with van der Waals surface area (Å²) < 4.78 is 13.5. The van der Waals surface area contributed by atoms with E-state index in [2.05, 4.69) is 14.2 Å². The molecule has 0 heterocycles. The SMILES string of the molecule is O=C(O)Oc1ccc2ccccc2c1.O=C(O)Oc1cccc2ccccc12.O=C(O)Oc1ccccc1. The normalized spacial score (nSPS) is 9.68. The van der Waals surface area contributed by atoms with E-state index in [1.807, 2.05) is 60.7 Å². The average Bonchev–Trinajstić information content (AvgIpc) is 2.89. The summed E-state index contributed by atoms with van der Waals surface area (Å²) in [7, 11) is 0. The van der Waals surface area contributed by atoms with Gasteiger partial charge in [0.15, 0.2) is 0 Å². The molecule has 0 radical (unpaired) electrons. The molecule has 5 rings (SSSR count). The quantitative estimate of drug-likeness (QED) is 0.164. The molecule has 0 amide bonds. The summed E-state index contributed by atoms with van der Waals surface area (Å²) in [6.45, 7) is 0. The monoisotopic (exact) mass is 514 g/mol. The van der Waals surface area contributed by atoms with Crippen LogP contribution in [0.1, 0.15) is 0 Å². The van der Waals surface area contributed by atoms with E-state index in [0.29, 0.717) is 17.2 Å². The van der Waals surface area contributed by atoms with Crippen LogP contribution in [0, 0.1) is 0 Å². The summed E-state index contributed by atoms with van der Waals surface area (Å²) in [6, 6.07) is 34.0. The topological polar surface area (TPSA) is 140 Å². The lowest BCUT2D eigenvalue weighted by Crippen LogP contribution is -2.03. The lowest BCUT2D eigenvalue weighted by atomic mass is 10.1. The zero-order valence-electron chi connectivity index (χ0n) is 19.8. The molecule has 0 fully saturated rings. The maximum absolute atomic E-state index is 10.4. The molecule has 5 aromatic rings. The van der Waals surface area contributed by atoms with Crippen LogP contribution in [0.2, 0.25) is 0 Å². The molecule has 0 spiro atoms. The maximum atomic E-state index is 10.4. The van der Waals surface area contributed by atoms with Gasteiger partial charge in [0.2, 0.25) is 0 Å². The van der Waals surface area contributed by atoms with Crippen molar-refractivity contribution in [3.05, 3.63) is 115 Å². The second kappa shape index (κ2) is 13.5. The van der Waals surface area contributed by atoms with Crippen molar-refractivity contribution in [3.63, 3.8) is 0 Å². The molecule has 0 unspecified atom stereocenters. The van der Waals surface area contributed by atoms with Gasteiger partial charge in [0.1, 0.15) is 17.2 Å². The van der Waals surface area contributed by atoms with Gasteiger partial charge in [-0.3, -0.25) is 0 Å². The third-order valence-electron chi connectivity index (χ3n) is 4.82. The van der Waals surface area contributed by atoms with Crippen LogP contribution in [0.15, 0.2) is 115 Å². The fraction of sp³-hybridized carbons (Fsp3) is 0. The van der Waals surface area contributed by atoms with Gasteiger partial charge in [-0.2, -0.15) is 0 Å². The summed E-state index contributed by atoms with van der Waals surface area (Å²) in [5, 5.41) is 28.9. The number of carboxylic acid groups (broad SMARTS) is 3. The minimum atomic E-state index is -1.29. The van der Waals surface area contributed by atoms with Crippen LogP contribution in [0.25, 0.3) is 21.5 Å². The van der Waals surface area contributed by atoms with Crippen molar-refractivity contribution in [2.24, 2.45) is 0 Å². The van der Waals surface area contributed by atoms with Gasteiger partial charge < -0.3 is 29.5 Å². The number of hydrogen-bond donors (Lipinski definition) is 3. The van der Waals surface area contributed by atoms with Crippen LogP contribution >= 0.6 is 0 Å². The minimum absolute atomic E-state index is 0.343. The first kappa shape index (κ1) is 27.0. The first-order valence-corrected chi connectivity index (χ1v) is 11.1. The minimum Gasteiger partial charge on any atom is -0.449 e. The Hall–Kier alpha value is -5.57. The van der Waals surface area contributed by atoms with E-state index in [1.165, 1.54) is 0 Å². The van der Waals surface area contributed by atoms with Gasteiger partial charge in [-0.15, -0.1) is 0 Å². The van der Waals surface area contributed by atoms with E-state index < -0.39 is 18.5 Å². The molecular formula is C29H22O9. The van der Waals surface area contributed by atoms with Crippen LogP contribution in [-0.2, 0) is 0 Å².